The molecule has 1 aromatic heterocycles. The Kier molecular flexibility index (Phi) is 3.47. The van der Waals surface area contributed by atoms with Gasteiger partial charge in [-0.1, -0.05) is 0 Å². The molecule has 3 heterocycles. The van der Waals surface area contributed by atoms with Crippen LogP contribution in [0.25, 0.3) is 0 Å². The van der Waals surface area contributed by atoms with Gasteiger partial charge in [0.25, 0.3) is 5.91 Å². The second-order valence-corrected chi connectivity index (χ2v) is 6.31. The topological polar surface area (TPSA) is 62.7 Å². The van der Waals surface area contributed by atoms with Crippen LogP contribution in [-0.2, 0) is 9.53 Å². The molecule has 2 aliphatic rings. The van der Waals surface area contributed by atoms with Crippen molar-refractivity contribution >= 4 is 23.2 Å². The van der Waals surface area contributed by atoms with Crippen molar-refractivity contribution in [2.24, 2.45) is 5.41 Å². The monoisotopic (exact) mass is 295 g/mol. The average molecular weight is 295 g/mol. The summed E-state index contributed by atoms with van der Waals surface area (Å²) in [6, 6.07) is 0. The van der Waals surface area contributed by atoms with E-state index in [1.54, 1.807) is 22.8 Å². The number of nitrogens with zero attached hydrogens (tertiary/aromatic N) is 3. The Bertz CT molecular complexity index is 519. The van der Waals surface area contributed by atoms with Crippen LogP contribution < -0.4 is 0 Å². The van der Waals surface area contributed by atoms with Crippen LogP contribution in [0.3, 0.4) is 0 Å². The second-order valence-electron chi connectivity index (χ2n) is 5.59. The summed E-state index contributed by atoms with van der Waals surface area (Å²) < 4.78 is 5.49. The zero-order valence-corrected chi connectivity index (χ0v) is 12.2. The van der Waals surface area contributed by atoms with E-state index in [4.69, 9.17) is 4.74 Å². The fourth-order valence-electron chi connectivity index (χ4n) is 2.94. The first kappa shape index (κ1) is 13.5. The quantitative estimate of drug-likeness (QED) is 0.755. The molecule has 0 radical (unpaired) electrons. The van der Waals surface area contributed by atoms with Gasteiger partial charge in [-0.05, 0) is 6.42 Å². The molecule has 1 spiro atoms. The van der Waals surface area contributed by atoms with Crippen molar-refractivity contribution in [3.8, 4) is 0 Å². The van der Waals surface area contributed by atoms with Crippen molar-refractivity contribution in [2.75, 3.05) is 39.9 Å². The Labute approximate surface area is 121 Å². The molecule has 0 aliphatic carbocycles. The van der Waals surface area contributed by atoms with E-state index >= 15 is 0 Å². The number of carbonyl (C=O) groups excluding carboxylic acids is 2. The lowest BCUT2D eigenvalue weighted by atomic mass is 9.88. The second kappa shape index (κ2) is 5.14. The number of aromatic nitrogens is 1. The van der Waals surface area contributed by atoms with Crippen molar-refractivity contribution in [3.05, 3.63) is 16.6 Å². The highest BCUT2D eigenvalue weighted by Crippen LogP contribution is 2.33. The number of hydrogen-bond donors (Lipinski definition) is 0. The molecule has 108 valence electrons. The molecule has 0 saturated carbocycles. The average Bonchev–Trinajstić information content (AvgIpc) is 3.05. The van der Waals surface area contributed by atoms with Crippen molar-refractivity contribution in [1.29, 1.82) is 0 Å². The Balaban J connectivity index is 1.72. The summed E-state index contributed by atoms with van der Waals surface area (Å²) in [5, 5.41) is 1.77. The third kappa shape index (κ3) is 2.43. The Morgan fingerprint density at radius 2 is 2.35 bits per heavy atom. The summed E-state index contributed by atoms with van der Waals surface area (Å²) in [7, 11) is 1.80. The number of hydrogen-bond acceptors (Lipinski definition) is 5. The zero-order valence-electron chi connectivity index (χ0n) is 11.4. The van der Waals surface area contributed by atoms with Gasteiger partial charge in [-0.2, -0.15) is 0 Å². The van der Waals surface area contributed by atoms with Gasteiger partial charge in [-0.25, -0.2) is 4.98 Å². The van der Waals surface area contributed by atoms with Gasteiger partial charge in [0.05, 0.1) is 12.1 Å². The smallest absolute Gasteiger partial charge is 0.273 e. The third-order valence-electron chi connectivity index (χ3n) is 4.01. The van der Waals surface area contributed by atoms with Gasteiger partial charge >= 0.3 is 0 Å². The molecule has 7 heteroatoms. The van der Waals surface area contributed by atoms with Crippen LogP contribution >= 0.6 is 11.3 Å². The zero-order chi connectivity index (χ0) is 14.2. The molecule has 1 aromatic rings. The van der Waals surface area contributed by atoms with Crippen LogP contribution in [0.4, 0.5) is 0 Å². The maximum absolute atomic E-state index is 12.3. The van der Waals surface area contributed by atoms with E-state index in [1.807, 2.05) is 4.90 Å². The molecule has 0 bridgehead atoms. The van der Waals surface area contributed by atoms with Crippen molar-refractivity contribution in [3.63, 3.8) is 0 Å². The van der Waals surface area contributed by atoms with Gasteiger partial charge < -0.3 is 14.5 Å². The molecule has 2 saturated heterocycles. The number of thiazole rings is 1. The molecule has 0 N–H and O–H groups in total. The minimum Gasteiger partial charge on any atom is -0.371 e. The molecule has 3 rings (SSSR count). The van der Waals surface area contributed by atoms with Gasteiger partial charge in [0, 0.05) is 37.5 Å². The molecule has 1 atom stereocenters. The molecule has 0 aromatic carbocycles. The lowest BCUT2D eigenvalue weighted by Crippen LogP contribution is -2.41. The van der Waals surface area contributed by atoms with E-state index in [-0.39, 0.29) is 23.8 Å². The van der Waals surface area contributed by atoms with Crippen molar-refractivity contribution < 1.29 is 14.3 Å². The number of likely N-dealkylation sites (N-methyl/N-ethyl adjacent to an activating group) is 1. The van der Waals surface area contributed by atoms with E-state index < -0.39 is 0 Å². The first-order valence-corrected chi connectivity index (χ1v) is 7.53. The molecular weight excluding hydrogens is 278 g/mol. The number of amides is 2. The summed E-state index contributed by atoms with van der Waals surface area (Å²) in [5.41, 5.74) is 2.04. The van der Waals surface area contributed by atoms with Gasteiger partial charge in [-0.3, -0.25) is 9.59 Å². The fourth-order valence-corrected chi connectivity index (χ4v) is 3.46. The minimum atomic E-state index is -0.132. The van der Waals surface area contributed by atoms with Crippen LogP contribution in [-0.4, -0.2) is 66.5 Å². The van der Waals surface area contributed by atoms with E-state index in [9.17, 15) is 9.59 Å². The van der Waals surface area contributed by atoms with E-state index in [0.29, 0.717) is 31.9 Å². The largest absolute Gasteiger partial charge is 0.371 e. The SMILES string of the molecule is CN1CC2(CCN(C(=O)c3cscn3)C2)COCC1=O. The summed E-state index contributed by atoms with van der Waals surface area (Å²) in [4.78, 5) is 31.6. The molecule has 2 fully saturated rings. The molecular formula is C13H17N3O3S. The number of likely N-dealkylation sites (tertiary alicyclic amines) is 1. The first-order valence-electron chi connectivity index (χ1n) is 6.59. The molecule has 6 nitrogen and oxygen atoms in total. The summed E-state index contributed by atoms with van der Waals surface area (Å²) in [5.74, 6) is -0.0208. The highest BCUT2D eigenvalue weighted by atomic mass is 32.1. The number of carbonyl (C=O) groups is 2. The standard InChI is InChI=1S/C13H17N3O3S/c1-15-6-13(8-19-4-11(15)17)2-3-16(7-13)12(18)10-5-20-9-14-10/h5,9H,2-4,6-8H2,1H3. The summed E-state index contributed by atoms with van der Waals surface area (Å²) >= 11 is 1.42. The summed E-state index contributed by atoms with van der Waals surface area (Å²) in [6.45, 7) is 2.64. The Hall–Kier alpha value is -1.47. The molecule has 1 unspecified atom stereocenters. The molecule has 2 amide bonds. The lowest BCUT2D eigenvalue weighted by Gasteiger charge is -2.29. The van der Waals surface area contributed by atoms with E-state index in [2.05, 4.69) is 4.98 Å². The first-order chi connectivity index (χ1) is 9.60. The number of ether oxygens (including phenoxy) is 1. The van der Waals surface area contributed by atoms with Gasteiger partial charge in [0.2, 0.25) is 5.91 Å². The van der Waals surface area contributed by atoms with Gasteiger partial charge in [0.1, 0.15) is 12.3 Å². The summed E-state index contributed by atoms with van der Waals surface area (Å²) in [6.07, 6.45) is 0.862. The highest BCUT2D eigenvalue weighted by Gasteiger charge is 2.43. The predicted molar refractivity (Wildman–Crippen MR) is 73.5 cm³/mol. The van der Waals surface area contributed by atoms with E-state index in [0.717, 1.165) is 6.42 Å². The molecule has 20 heavy (non-hydrogen) atoms. The van der Waals surface area contributed by atoms with Crippen molar-refractivity contribution in [2.45, 2.75) is 6.42 Å². The van der Waals surface area contributed by atoms with Crippen LogP contribution in [0, 0.1) is 5.41 Å². The van der Waals surface area contributed by atoms with Crippen LogP contribution in [0.1, 0.15) is 16.9 Å². The van der Waals surface area contributed by atoms with Crippen LogP contribution in [0.15, 0.2) is 10.9 Å². The minimum absolute atomic E-state index is 0.00570. The maximum atomic E-state index is 12.3. The molecule has 2 aliphatic heterocycles. The third-order valence-corrected chi connectivity index (χ3v) is 4.60. The van der Waals surface area contributed by atoms with Crippen LogP contribution in [0.2, 0.25) is 0 Å². The van der Waals surface area contributed by atoms with Gasteiger partial charge in [-0.15, -0.1) is 11.3 Å². The van der Waals surface area contributed by atoms with Crippen molar-refractivity contribution in [1.82, 2.24) is 14.8 Å². The maximum Gasteiger partial charge on any atom is 0.273 e. The lowest BCUT2D eigenvalue weighted by molar-refractivity contribution is -0.132. The fraction of sp³-hybridized carbons (Fsp3) is 0.615. The Morgan fingerprint density at radius 3 is 3.10 bits per heavy atom. The predicted octanol–water partition coefficient (Wildman–Crippen LogP) is 0.464. The van der Waals surface area contributed by atoms with Gasteiger partial charge in [0.15, 0.2) is 0 Å². The van der Waals surface area contributed by atoms with E-state index in [1.165, 1.54) is 11.3 Å². The number of rotatable bonds is 1. The Morgan fingerprint density at radius 1 is 1.50 bits per heavy atom. The highest BCUT2D eigenvalue weighted by molar-refractivity contribution is 7.07. The normalized spacial score (nSPS) is 27.1. The van der Waals surface area contributed by atoms with Crippen LogP contribution in [0.5, 0.6) is 0 Å².